The van der Waals surface area contributed by atoms with Crippen LogP contribution in [0, 0.1) is 9.86 Å². The van der Waals surface area contributed by atoms with Gasteiger partial charge >= 0.3 is 106 Å². The first-order chi connectivity index (χ1) is 7.74. The quantitative estimate of drug-likeness (QED) is 0.292. The van der Waals surface area contributed by atoms with E-state index in [4.69, 9.17) is 4.74 Å². The third-order valence-electron chi connectivity index (χ3n) is 3.23. The van der Waals surface area contributed by atoms with Gasteiger partial charge in [-0.1, -0.05) is 0 Å². The van der Waals surface area contributed by atoms with E-state index >= 15 is 0 Å². The molecule has 0 bridgehead atoms. The van der Waals surface area contributed by atoms with Gasteiger partial charge in [0.05, 0.1) is 0 Å². The van der Waals surface area contributed by atoms with Crippen molar-refractivity contribution in [3.8, 4) is 9.86 Å². The molecule has 1 nitrogen and oxygen atoms in total. The van der Waals surface area contributed by atoms with Gasteiger partial charge in [-0.15, -0.1) is 0 Å². The third-order valence-corrected chi connectivity index (χ3v) is 16.7. The van der Waals surface area contributed by atoms with E-state index in [1.165, 1.54) is 19.7 Å². The summed E-state index contributed by atoms with van der Waals surface area (Å²) in [6.45, 7) is 9.90. The van der Waals surface area contributed by atoms with Crippen molar-refractivity contribution >= 4 is 18.4 Å². The molecule has 0 N–H and O–H groups in total. The summed E-state index contributed by atoms with van der Waals surface area (Å²) >= 11 is -2.01. The van der Waals surface area contributed by atoms with Crippen LogP contribution in [0.25, 0.3) is 0 Å². The molecule has 0 aliphatic rings. The number of allylic oxidation sites excluding steroid dienone is 1. The molecule has 92 valence electrons. The molecule has 0 aromatic rings. The molecule has 0 aliphatic heterocycles. The van der Waals surface area contributed by atoms with Crippen LogP contribution in [0.2, 0.25) is 13.3 Å². The monoisotopic (exact) mass is 330 g/mol. The second-order valence-electron chi connectivity index (χ2n) is 4.14. The van der Waals surface area contributed by atoms with E-state index in [9.17, 15) is 0 Å². The van der Waals surface area contributed by atoms with Crippen LogP contribution in [0.4, 0.5) is 0 Å². The van der Waals surface area contributed by atoms with Gasteiger partial charge in [0.25, 0.3) is 0 Å². The molecule has 2 heteroatoms. The molecule has 0 aliphatic carbocycles. The Morgan fingerprint density at radius 3 is 2.19 bits per heavy atom. The second kappa shape index (κ2) is 10.1. The van der Waals surface area contributed by atoms with Gasteiger partial charge in [-0.3, -0.25) is 0 Å². The Morgan fingerprint density at radius 2 is 1.69 bits per heavy atom. The van der Waals surface area contributed by atoms with Crippen molar-refractivity contribution in [2.45, 2.75) is 53.8 Å². The van der Waals surface area contributed by atoms with Gasteiger partial charge in [0.2, 0.25) is 0 Å². The van der Waals surface area contributed by atoms with Crippen LogP contribution in [0.1, 0.15) is 40.5 Å². The van der Waals surface area contributed by atoms with Gasteiger partial charge in [-0.05, 0) is 0 Å². The number of unbranched alkanes of at least 4 members (excludes halogenated alkanes) is 1. The molecule has 16 heavy (non-hydrogen) atoms. The molecule has 0 saturated carbocycles. The normalized spacial score (nSPS) is 11.2. The molecule has 0 unspecified atom stereocenters. The van der Waals surface area contributed by atoms with E-state index in [0.29, 0.717) is 0 Å². The SMILES string of the molecule is CCCCOC=CC#[C][Sn]([CH2]C)([CH2]C)[CH2]C. The molecule has 0 aromatic heterocycles. The first-order valence-corrected chi connectivity index (χ1v) is 14.0. The van der Waals surface area contributed by atoms with E-state index in [2.05, 4.69) is 37.6 Å². The van der Waals surface area contributed by atoms with E-state index in [0.717, 1.165) is 13.0 Å². The van der Waals surface area contributed by atoms with Gasteiger partial charge in [-0.25, -0.2) is 0 Å². The van der Waals surface area contributed by atoms with Gasteiger partial charge < -0.3 is 0 Å². The average molecular weight is 329 g/mol. The summed E-state index contributed by atoms with van der Waals surface area (Å²) in [6, 6.07) is 0. The summed E-state index contributed by atoms with van der Waals surface area (Å²) in [5, 5.41) is 0. The Morgan fingerprint density at radius 1 is 1.06 bits per heavy atom. The Kier molecular flexibility index (Phi) is 10.0. The van der Waals surface area contributed by atoms with Crippen LogP contribution in [0.3, 0.4) is 0 Å². The van der Waals surface area contributed by atoms with E-state index in [-0.39, 0.29) is 0 Å². The van der Waals surface area contributed by atoms with Crippen LogP contribution < -0.4 is 0 Å². The van der Waals surface area contributed by atoms with Crippen LogP contribution >= 0.6 is 0 Å². The second-order valence-corrected chi connectivity index (χ2v) is 18.2. The fourth-order valence-electron chi connectivity index (χ4n) is 1.59. The van der Waals surface area contributed by atoms with E-state index in [1.807, 2.05) is 6.08 Å². The van der Waals surface area contributed by atoms with Crippen molar-refractivity contribution in [2.75, 3.05) is 6.61 Å². The zero-order valence-corrected chi connectivity index (χ0v) is 14.2. The summed E-state index contributed by atoms with van der Waals surface area (Å²) in [5.74, 6) is 3.19. The summed E-state index contributed by atoms with van der Waals surface area (Å²) in [4.78, 5) is 0. The van der Waals surface area contributed by atoms with Gasteiger partial charge in [0, 0.05) is 0 Å². The molecule has 0 heterocycles. The first-order valence-electron chi connectivity index (χ1n) is 6.54. The summed E-state index contributed by atoms with van der Waals surface area (Å²) in [7, 11) is 0. The predicted molar refractivity (Wildman–Crippen MR) is 75.0 cm³/mol. The van der Waals surface area contributed by atoms with E-state index < -0.39 is 18.4 Å². The molecule has 0 saturated heterocycles. The van der Waals surface area contributed by atoms with Crippen LogP contribution in [-0.2, 0) is 4.74 Å². The maximum absolute atomic E-state index is 5.33. The molecular weight excluding hydrogens is 303 g/mol. The van der Waals surface area contributed by atoms with Gasteiger partial charge in [0.1, 0.15) is 0 Å². The maximum atomic E-state index is 5.33. The fourth-order valence-corrected chi connectivity index (χ4v) is 8.49. The van der Waals surface area contributed by atoms with Gasteiger partial charge in [-0.2, -0.15) is 0 Å². The number of hydrogen-bond donors (Lipinski definition) is 0. The molecular formula is C14H26OSn. The molecule has 0 atom stereocenters. The summed E-state index contributed by atoms with van der Waals surface area (Å²) in [6.07, 6.45) is 5.93. The van der Waals surface area contributed by atoms with Gasteiger partial charge in [0.15, 0.2) is 0 Å². The third kappa shape index (κ3) is 6.47. The standard InChI is InChI=1S/C8H11O.3C2H5.Sn/c1-3-5-7-9-8-6-4-2;3*1-2;/h6,8H,3,5,7H2,1H3;3*1H2,2H3;. The van der Waals surface area contributed by atoms with E-state index in [1.54, 1.807) is 6.26 Å². The number of ether oxygens (including phenoxy) is 1. The Labute approximate surface area is 106 Å². The van der Waals surface area contributed by atoms with Crippen molar-refractivity contribution < 1.29 is 4.74 Å². The van der Waals surface area contributed by atoms with Crippen LogP contribution in [0.15, 0.2) is 12.3 Å². The molecule has 0 spiro atoms. The average Bonchev–Trinajstić information content (AvgIpc) is 2.34. The van der Waals surface area contributed by atoms with Crippen LogP contribution in [-0.4, -0.2) is 25.0 Å². The molecule has 0 radical (unpaired) electrons. The zero-order valence-electron chi connectivity index (χ0n) is 11.3. The van der Waals surface area contributed by atoms with Crippen molar-refractivity contribution in [2.24, 2.45) is 0 Å². The first kappa shape index (κ1) is 15.9. The molecule has 0 amide bonds. The topological polar surface area (TPSA) is 9.23 Å². The Bertz CT molecular complexity index is 235. The minimum absolute atomic E-state index is 0.818. The molecule has 0 rings (SSSR count). The molecule has 0 fully saturated rings. The fraction of sp³-hybridized carbons (Fsp3) is 0.714. The predicted octanol–water partition coefficient (Wildman–Crippen LogP) is 4.37. The Balaban J connectivity index is 4.06. The van der Waals surface area contributed by atoms with Crippen molar-refractivity contribution in [3.63, 3.8) is 0 Å². The Hall–Kier alpha value is -0.101. The number of rotatable bonds is 7. The molecule has 0 aromatic carbocycles. The summed E-state index contributed by atoms with van der Waals surface area (Å²) in [5.41, 5.74) is 0. The minimum atomic E-state index is -2.01. The van der Waals surface area contributed by atoms with Crippen molar-refractivity contribution in [1.82, 2.24) is 0 Å². The number of hydrogen-bond acceptors (Lipinski definition) is 1. The van der Waals surface area contributed by atoms with Crippen molar-refractivity contribution in [3.05, 3.63) is 12.3 Å². The summed E-state index contributed by atoms with van der Waals surface area (Å²) < 4.78 is 12.9. The van der Waals surface area contributed by atoms with Crippen LogP contribution in [0.5, 0.6) is 0 Å². The zero-order chi connectivity index (χ0) is 12.3. The van der Waals surface area contributed by atoms with Crippen molar-refractivity contribution in [1.29, 1.82) is 0 Å².